The van der Waals surface area contributed by atoms with Gasteiger partial charge in [-0.25, -0.2) is 4.79 Å². The number of alkyl halides is 3. The van der Waals surface area contributed by atoms with Crippen LogP contribution in [0.5, 0.6) is 0 Å². The largest absolute Gasteiger partial charge is 0.416 e. The van der Waals surface area contributed by atoms with E-state index in [0.29, 0.717) is 11.5 Å². The quantitative estimate of drug-likeness (QED) is 0.797. The van der Waals surface area contributed by atoms with Crippen molar-refractivity contribution in [3.05, 3.63) is 42.0 Å². The summed E-state index contributed by atoms with van der Waals surface area (Å²) in [5.41, 5.74) is -0.273. The molecule has 1 heterocycles. The van der Waals surface area contributed by atoms with Crippen LogP contribution in [0.25, 0.3) is 0 Å². The number of nitrogens with one attached hydrogen (secondary N) is 3. The molecule has 126 valence electrons. The fourth-order valence-electron chi connectivity index (χ4n) is 1.92. The van der Waals surface area contributed by atoms with Crippen LogP contribution in [-0.4, -0.2) is 22.3 Å². The lowest BCUT2D eigenvalue weighted by Gasteiger charge is -2.09. The SMILES string of the molecule is O=C(Nc1ccc(Nc2ccc(C(F)(F)F)cc2)nn1)NC1CC1. The summed E-state index contributed by atoms with van der Waals surface area (Å²) >= 11 is 0. The Labute approximate surface area is 135 Å². The molecular weight excluding hydrogens is 323 g/mol. The van der Waals surface area contributed by atoms with E-state index in [1.54, 1.807) is 12.1 Å². The topological polar surface area (TPSA) is 78.9 Å². The molecule has 0 saturated heterocycles. The number of rotatable bonds is 4. The fourth-order valence-corrected chi connectivity index (χ4v) is 1.92. The van der Waals surface area contributed by atoms with Gasteiger partial charge < -0.3 is 10.6 Å². The van der Waals surface area contributed by atoms with Gasteiger partial charge in [-0.2, -0.15) is 13.2 Å². The van der Waals surface area contributed by atoms with Crippen molar-refractivity contribution < 1.29 is 18.0 Å². The van der Waals surface area contributed by atoms with Gasteiger partial charge in [0.1, 0.15) is 0 Å². The van der Waals surface area contributed by atoms with Crippen LogP contribution in [0.4, 0.5) is 35.3 Å². The maximum atomic E-state index is 12.5. The number of hydrogen-bond donors (Lipinski definition) is 3. The number of anilines is 3. The first-order valence-electron chi connectivity index (χ1n) is 7.26. The highest BCUT2D eigenvalue weighted by molar-refractivity contribution is 5.88. The summed E-state index contributed by atoms with van der Waals surface area (Å²) in [7, 11) is 0. The third-order valence-electron chi connectivity index (χ3n) is 3.30. The Kier molecular flexibility index (Phi) is 4.24. The van der Waals surface area contributed by atoms with Crippen molar-refractivity contribution in [2.75, 3.05) is 10.6 Å². The second-order valence-electron chi connectivity index (χ2n) is 5.38. The van der Waals surface area contributed by atoms with Crippen molar-refractivity contribution >= 4 is 23.4 Å². The molecule has 0 spiro atoms. The summed E-state index contributed by atoms with van der Waals surface area (Å²) in [6, 6.07) is 7.58. The molecule has 0 aliphatic heterocycles. The molecule has 1 aromatic heterocycles. The number of benzene rings is 1. The van der Waals surface area contributed by atoms with Crippen LogP contribution in [0, 0.1) is 0 Å². The van der Waals surface area contributed by atoms with E-state index >= 15 is 0 Å². The van der Waals surface area contributed by atoms with Gasteiger partial charge in [0.05, 0.1) is 5.56 Å². The summed E-state index contributed by atoms with van der Waals surface area (Å²) in [4.78, 5) is 11.6. The Hall–Kier alpha value is -2.84. The molecule has 9 heteroatoms. The summed E-state index contributed by atoms with van der Waals surface area (Å²) in [5.74, 6) is 0.633. The third-order valence-corrected chi connectivity index (χ3v) is 3.30. The van der Waals surface area contributed by atoms with Crippen molar-refractivity contribution in [3.8, 4) is 0 Å². The first-order chi connectivity index (χ1) is 11.4. The van der Waals surface area contributed by atoms with Gasteiger partial charge in [-0.15, -0.1) is 10.2 Å². The van der Waals surface area contributed by atoms with Crippen LogP contribution < -0.4 is 16.0 Å². The number of urea groups is 1. The van der Waals surface area contributed by atoms with Gasteiger partial charge >= 0.3 is 12.2 Å². The first-order valence-corrected chi connectivity index (χ1v) is 7.26. The van der Waals surface area contributed by atoms with Gasteiger partial charge in [-0.05, 0) is 49.2 Å². The van der Waals surface area contributed by atoms with E-state index in [0.717, 1.165) is 25.0 Å². The highest BCUT2D eigenvalue weighted by Crippen LogP contribution is 2.30. The Bertz CT molecular complexity index is 711. The molecule has 24 heavy (non-hydrogen) atoms. The van der Waals surface area contributed by atoms with Crippen LogP contribution >= 0.6 is 0 Å². The van der Waals surface area contributed by atoms with E-state index in [1.165, 1.54) is 12.1 Å². The van der Waals surface area contributed by atoms with Crippen molar-refractivity contribution in [2.24, 2.45) is 0 Å². The minimum absolute atomic E-state index is 0.235. The molecular formula is C15H14F3N5O. The van der Waals surface area contributed by atoms with E-state index in [2.05, 4.69) is 26.1 Å². The molecule has 1 saturated carbocycles. The van der Waals surface area contributed by atoms with Crippen LogP contribution in [0.2, 0.25) is 0 Å². The van der Waals surface area contributed by atoms with Gasteiger partial charge in [0.15, 0.2) is 11.6 Å². The molecule has 0 radical (unpaired) electrons. The Morgan fingerprint density at radius 1 is 1.00 bits per heavy atom. The van der Waals surface area contributed by atoms with Gasteiger partial charge in [-0.1, -0.05) is 0 Å². The Morgan fingerprint density at radius 3 is 2.17 bits per heavy atom. The first kappa shape index (κ1) is 16.0. The lowest BCUT2D eigenvalue weighted by atomic mass is 10.2. The van der Waals surface area contributed by atoms with Gasteiger partial charge in [0, 0.05) is 11.7 Å². The fraction of sp³-hybridized carbons (Fsp3) is 0.267. The highest BCUT2D eigenvalue weighted by atomic mass is 19.4. The third kappa shape index (κ3) is 4.34. The van der Waals surface area contributed by atoms with Gasteiger partial charge in [-0.3, -0.25) is 5.32 Å². The maximum Gasteiger partial charge on any atom is 0.416 e. The molecule has 0 bridgehead atoms. The predicted octanol–water partition coefficient (Wildman–Crippen LogP) is 3.52. The number of halogens is 3. The lowest BCUT2D eigenvalue weighted by molar-refractivity contribution is -0.137. The molecule has 3 N–H and O–H groups in total. The zero-order chi connectivity index (χ0) is 17.2. The summed E-state index contributed by atoms with van der Waals surface area (Å²) < 4.78 is 37.5. The Morgan fingerprint density at radius 2 is 1.62 bits per heavy atom. The van der Waals surface area contributed by atoms with Crippen LogP contribution in [0.1, 0.15) is 18.4 Å². The normalized spacial score (nSPS) is 14.1. The number of amides is 2. The number of nitrogens with zero attached hydrogens (tertiary/aromatic N) is 2. The second-order valence-corrected chi connectivity index (χ2v) is 5.38. The van der Waals surface area contributed by atoms with E-state index in [9.17, 15) is 18.0 Å². The van der Waals surface area contributed by atoms with E-state index in [4.69, 9.17) is 0 Å². The molecule has 2 amide bonds. The molecule has 6 nitrogen and oxygen atoms in total. The van der Waals surface area contributed by atoms with Crippen LogP contribution in [0.3, 0.4) is 0 Å². The zero-order valence-corrected chi connectivity index (χ0v) is 12.4. The van der Waals surface area contributed by atoms with E-state index < -0.39 is 11.7 Å². The minimum Gasteiger partial charge on any atom is -0.339 e. The van der Waals surface area contributed by atoms with Crippen molar-refractivity contribution in [1.82, 2.24) is 15.5 Å². The van der Waals surface area contributed by atoms with Gasteiger partial charge in [0.2, 0.25) is 0 Å². The molecule has 0 unspecified atom stereocenters. The molecule has 1 aliphatic carbocycles. The predicted molar refractivity (Wildman–Crippen MR) is 81.9 cm³/mol. The molecule has 2 aromatic rings. The van der Waals surface area contributed by atoms with Crippen LogP contribution in [0.15, 0.2) is 36.4 Å². The van der Waals surface area contributed by atoms with Crippen molar-refractivity contribution in [1.29, 1.82) is 0 Å². The maximum absolute atomic E-state index is 12.5. The highest BCUT2D eigenvalue weighted by Gasteiger charge is 2.29. The van der Waals surface area contributed by atoms with Crippen LogP contribution in [-0.2, 0) is 6.18 Å². The second kappa shape index (κ2) is 6.34. The Balaban J connectivity index is 1.58. The minimum atomic E-state index is -4.37. The molecule has 1 aliphatic rings. The number of aromatic nitrogens is 2. The van der Waals surface area contributed by atoms with E-state index in [-0.39, 0.29) is 17.9 Å². The summed E-state index contributed by atoms with van der Waals surface area (Å²) in [6.45, 7) is 0. The lowest BCUT2D eigenvalue weighted by Crippen LogP contribution is -2.30. The standard InChI is InChI=1S/C15H14F3N5O/c16-15(17,18)9-1-3-10(4-2-9)19-12-7-8-13(23-22-12)21-14(24)20-11-5-6-11/h1-4,7-8,11H,5-6H2,(H,19,22)(H2,20,21,23,24). The van der Waals surface area contributed by atoms with E-state index in [1.807, 2.05) is 0 Å². The van der Waals surface area contributed by atoms with Gasteiger partial charge in [0.25, 0.3) is 0 Å². The average molecular weight is 337 g/mol. The molecule has 0 atom stereocenters. The molecule has 3 rings (SSSR count). The number of hydrogen-bond acceptors (Lipinski definition) is 4. The number of carbonyl (C=O) groups is 1. The van der Waals surface area contributed by atoms with Crippen molar-refractivity contribution in [2.45, 2.75) is 25.1 Å². The number of carbonyl (C=O) groups excluding carboxylic acids is 1. The smallest absolute Gasteiger partial charge is 0.339 e. The summed E-state index contributed by atoms with van der Waals surface area (Å²) in [6.07, 6.45) is -2.41. The summed E-state index contributed by atoms with van der Waals surface area (Å²) in [5, 5.41) is 15.8. The zero-order valence-electron chi connectivity index (χ0n) is 12.4. The molecule has 1 fully saturated rings. The average Bonchev–Trinajstić information content (AvgIpc) is 3.33. The van der Waals surface area contributed by atoms with Crippen molar-refractivity contribution in [3.63, 3.8) is 0 Å². The molecule has 1 aromatic carbocycles. The monoisotopic (exact) mass is 337 g/mol.